The number of alkyl carbamates (subject to hydrolysis) is 1. The van der Waals surface area contributed by atoms with Gasteiger partial charge in [-0.15, -0.1) is 0 Å². The van der Waals surface area contributed by atoms with E-state index in [4.69, 9.17) is 4.74 Å². The van der Waals surface area contributed by atoms with E-state index in [0.717, 1.165) is 4.73 Å². The third-order valence-corrected chi connectivity index (χ3v) is 1.95. The van der Waals surface area contributed by atoms with Crippen LogP contribution in [-0.2, 0) is 11.2 Å². The molecule has 0 bridgehead atoms. The number of ether oxygens (including phenoxy) is 1. The zero-order chi connectivity index (χ0) is 12.9. The highest BCUT2D eigenvalue weighted by molar-refractivity contribution is 5.67. The summed E-state index contributed by atoms with van der Waals surface area (Å²) < 4.78 is 5.86. The summed E-state index contributed by atoms with van der Waals surface area (Å²) in [5.74, 6) is 0. The molecule has 0 aromatic carbocycles. The molecule has 94 valence electrons. The fourth-order valence-corrected chi connectivity index (χ4v) is 1.26. The van der Waals surface area contributed by atoms with Crippen molar-refractivity contribution in [2.75, 3.05) is 6.54 Å². The highest BCUT2D eigenvalue weighted by atomic mass is 16.6. The smallest absolute Gasteiger partial charge is 0.407 e. The molecule has 0 aliphatic heterocycles. The maximum atomic E-state index is 11.3. The van der Waals surface area contributed by atoms with Crippen LogP contribution in [0.15, 0.2) is 24.4 Å². The molecule has 0 unspecified atom stereocenters. The molecule has 0 aliphatic rings. The van der Waals surface area contributed by atoms with Crippen LogP contribution in [0.25, 0.3) is 0 Å². The average molecular weight is 238 g/mol. The number of pyridine rings is 1. The molecule has 0 fully saturated rings. The van der Waals surface area contributed by atoms with E-state index in [9.17, 15) is 10.0 Å². The highest BCUT2D eigenvalue weighted by Crippen LogP contribution is 2.06. The normalized spacial score (nSPS) is 11.0. The van der Waals surface area contributed by atoms with Gasteiger partial charge >= 0.3 is 6.09 Å². The second-order valence-corrected chi connectivity index (χ2v) is 4.70. The minimum atomic E-state index is -0.505. The van der Waals surface area contributed by atoms with Gasteiger partial charge in [0.1, 0.15) is 5.60 Å². The summed E-state index contributed by atoms with van der Waals surface area (Å²) in [6.45, 7) is 5.78. The Balaban J connectivity index is 2.34. The molecule has 0 saturated heterocycles. The second-order valence-electron chi connectivity index (χ2n) is 4.70. The Hall–Kier alpha value is -1.78. The van der Waals surface area contributed by atoms with E-state index in [1.807, 2.05) is 0 Å². The molecule has 17 heavy (non-hydrogen) atoms. The Bertz CT molecular complexity index is 386. The number of hydrogen-bond acceptors (Lipinski definition) is 3. The molecule has 0 spiro atoms. The first-order valence-corrected chi connectivity index (χ1v) is 5.52. The largest absolute Gasteiger partial charge is 0.619 e. The molecular formula is C12H18N2O3. The van der Waals surface area contributed by atoms with Gasteiger partial charge in [-0.1, -0.05) is 6.07 Å². The quantitative estimate of drug-likeness (QED) is 0.639. The molecule has 5 nitrogen and oxygen atoms in total. The summed E-state index contributed by atoms with van der Waals surface area (Å²) in [5.41, 5.74) is 0.110. The summed E-state index contributed by atoms with van der Waals surface area (Å²) in [7, 11) is 0. The molecule has 1 heterocycles. The van der Waals surface area contributed by atoms with E-state index >= 15 is 0 Å². The molecule has 0 radical (unpaired) electrons. The third-order valence-electron chi connectivity index (χ3n) is 1.95. The number of amides is 1. The van der Waals surface area contributed by atoms with Gasteiger partial charge in [-0.05, 0) is 20.8 Å². The van der Waals surface area contributed by atoms with Crippen molar-refractivity contribution >= 4 is 6.09 Å². The van der Waals surface area contributed by atoms with Crippen LogP contribution < -0.4 is 10.0 Å². The van der Waals surface area contributed by atoms with Crippen molar-refractivity contribution in [2.24, 2.45) is 0 Å². The van der Waals surface area contributed by atoms with Crippen molar-refractivity contribution in [1.82, 2.24) is 5.32 Å². The third kappa shape index (κ3) is 5.19. The summed E-state index contributed by atoms with van der Waals surface area (Å²) in [6, 6.07) is 5.18. The lowest BCUT2D eigenvalue weighted by Gasteiger charge is -2.19. The minimum absolute atomic E-state index is 0.376. The van der Waals surface area contributed by atoms with E-state index in [-0.39, 0.29) is 0 Å². The SMILES string of the molecule is CC(C)(C)OC(=O)NCCc1cccc[n+]1[O-]. The Morgan fingerprint density at radius 3 is 2.76 bits per heavy atom. The molecule has 1 N–H and O–H groups in total. The van der Waals surface area contributed by atoms with Crippen molar-refractivity contribution in [2.45, 2.75) is 32.8 Å². The van der Waals surface area contributed by atoms with E-state index < -0.39 is 11.7 Å². The number of rotatable bonds is 3. The van der Waals surface area contributed by atoms with E-state index in [2.05, 4.69) is 5.32 Å². The molecule has 1 aromatic rings. The average Bonchev–Trinajstić information content (AvgIpc) is 2.18. The van der Waals surface area contributed by atoms with E-state index in [1.54, 1.807) is 39.0 Å². The van der Waals surface area contributed by atoms with E-state index in [1.165, 1.54) is 6.20 Å². The van der Waals surface area contributed by atoms with Gasteiger partial charge in [-0.3, -0.25) is 0 Å². The number of carbonyl (C=O) groups excluding carboxylic acids is 1. The van der Waals surface area contributed by atoms with Crippen LogP contribution in [0.2, 0.25) is 0 Å². The summed E-state index contributed by atoms with van der Waals surface area (Å²) in [6.07, 6.45) is 1.44. The van der Waals surface area contributed by atoms with Crippen molar-refractivity contribution in [3.8, 4) is 0 Å². The van der Waals surface area contributed by atoms with Crippen LogP contribution in [0.3, 0.4) is 0 Å². The fraction of sp³-hybridized carbons (Fsp3) is 0.500. The number of hydrogen-bond donors (Lipinski definition) is 1. The number of carbonyl (C=O) groups is 1. The first kappa shape index (κ1) is 13.3. The van der Waals surface area contributed by atoms with Crippen LogP contribution >= 0.6 is 0 Å². The van der Waals surface area contributed by atoms with Gasteiger partial charge in [0.2, 0.25) is 0 Å². The lowest BCUT2D eigenvalue weighted by molar-refractivity contribution is -0.613. The Kier molecular flexibility index (Phi) is 4.31. The highest BCUT2D eigenvalue weighted by Gasteiger charge is 2.15. The first-order chi connectivity index (χ1) is 7.88. The summed E-state index contributed by atoms with van der Waals surface area (Å²) >= 11 is 0. The second kappa shape index (κ2) is 5.52. The van der Waals surface area contributed by atoms with Gasteiger partial charge in [0.25, 0.3) is 0 Å². The van der Waals surface area contributed by atoms with Crippen molar-refractivity contribution < 1.29 is 14.3 Å². The fourth-order valence-electron chi connectivity index (χ4n) is 1.26. The van der Waals surface area contributed by atoms with Crippen LogP contribution in [0.5, 0.6) is 0 Å². The van der Waals surface area contributed by atoms with Crippen LogP contribution in [0, 0.1) is 5.21 Å². The maximum absolute atomic E-state index is 11.3. The lowest BCUT2D eigenvalue weighted by Crippen LogP contribution is -2.36. The minimum Gasteiger partial charge on any atom is -0.619 e. The Morgan fingerprint density at radius 2 is 2.18 bits per heavy atom. The van der Waals surface area contributed by atoms with Gasteiger partial charge in [-0.2, -0.15) is 4.73 Å². The van der Waals surface area contributed by atoms with Crippen molar-refractivity contribution in [3.05, 3.63) is 35.3 Å². The van der Waals surface area contributed by atoms with Crippen molar-refractivity contribution in [3.63, 3.8) is 0 Å². The lowest BCUT2D eigenvalue weighted by atomic mass is 10.2. The zero-order valence-corrected chi connectivity index (χ0v) is 10.4. The van der Waals surface area contributed by atoms with E-state index in [0.29, 0.717) is 18.7 Å². The maximum Gasteiger partial charge on any atom is 0.407 e. The summed E-state index contributed by atoms with van der Waals surface area (Å²) in [4.78, 5) is 11.3. The molecule has 0 saturated carbocycles. The Labute approximate surface area is 101 Å². The van der Waals surface area contributed by atoms with Gasteiger partial charge in [0.05, 0.1) is 6.42 Å². The van der Waals surface area contributed by atoms with Gasteiger partial charge in [0, 0.05) is 18.7 Å². The predicted molar refractivity (Wildman–Crippen MR) is 63.3 cm³/mol. The molecule has 5 heteroatoms. The van der Waals surface area contributed by atoms with Crippen LogP contribution in [0.1, 0.15) is 26.5 Å². The topological polar surface area (TPSA) is 65.3 Å². The number of nitrogens with zero attached hydrogens (tertiary/aromatic N) is 1. The van der Waals surface area contributed by atoms with Gasteiger partial charge in [0.15, 0.2) is 11.9 Å². The Morgan fingerprint density at radius 1 is 1.47 bits per heavy atom. The monoisotopic (exact) mass is 238 g/mol. The van der Waals surface area contributed by atoms with Gasteiger partial charge in [-0.25, -0.2) is 4.79 Å². The molecule has 1 aromatic heterocycles. The first-order valence-electron chi connectivity index (χ1n) is 5.52. The molecule has 1 amide bonds. The van der Waals surface area contributed by atoms with Crippen molar-refractivity contribution in [1.29, 1.82) is 0 Å². The van der Waals surface area contributed by atoms with Gasteiger partial charge < -0.3 is 15.3 Å². The summed E-state index contributed by atoms with van der Waals surface area (Å²) in [5, 5.41) is 13.9. The predicted octanol–water partition coefficient (Wildman–Crippen LogP) is 1.39. The zero-order valence-electron chi connectivity index (χ0n) is 10.4. The van der Waals surface area contributed by atoms with Crippen LogP contribution in [0.4, 0.5) is 4.79 Å². The standard InChI is InChI=1S/C12H18N2O3/c1-12(2,3)17-11(15)13-8-7-10-6-4-5-9-14(10)16/h4-6,9H,7-8H2,1-3H3,(H,13,15). The molecule has 1 rings (SSSR count). The molecular weight excluding hydrogens is 220 g/mol. The molecule has 0 atom stereocenters. The van der Waals surface area contributed by atoms with Crippen LogP contribution in [-0.4, -0.2) is 18.2 Å². The number of nitrogens with one attached hydrogen (secondary N) is 1. The number of aromatic nitrogens is 1. The molecule has 0 aliphatic carbocycles.